The number of aryl methyl sites for hydroxylation is 1. The van der Waals surface area contributed by atoms with Crippen molar-refractivity contribution in [2.45, 2.75) is 46.0 Å². The first-order valence-electron chi connectivity index (χ1n) is 6.92. The van der Waals surface area contributed by atoms with E-state index in [1.165, 1.54) is 19.3 Å². The van der Waals surface area contributed by atoms with E-state index < -0.39 is 0 Å². The lowest BCUT2D eigenvalue weighted by molar-refractivity contribution is 0.0862. The zero-order valence-corrected chi connectivity index (χ0v) is 12.0. The average molecular weight is 265 g/mol. The van der Waals surface area contributed by atoms with Crippen LogP contribution in [0.4, 0.5) is 0 Å². The summed E-state index contributed by atoms with van der Waals surface area (Å²) in [6.07, 6.45) is 5.80. The number of halogens is 1. The molecular formula is C16H21ClO. The normalized spacial score (nSPS) is 23.9. The molecule has 1 aromatic rings. The molecule has 2 heteroatoms. The molecule has 0 bridgehead atoms. The second kappa shape index (κ2) is 5.88. The van der Waals surface area contributed by atoms with E-state index in [-0.39, 0.29) is 5.92 Å². The van der Waals surface area contributed by atoms with Crippen molar-refractivity contribution >= 4 is 17.4 Å². The Morgan fingerprint density at radius 1 is 1.39 bits per heavy atom. The van der Waals surface area contributed by atoms with Crippen molar-refractivity contribution in [2.24, 2.45) is 11.8 Å². The third-order valence-electron chi connectivity index (χ3n) is 4.17. The zero-order chi connectivity index (χ0) is 13.1. The summed E-state index contributed by atoms with van der Waals surface area (Å²) in [6, 6.07) is 5.64. The van der Waals surface area contributed by atoms with Gasteiger partial charge in [-0.25, -0.2) is 0 Å². The van der Waals surface area contributed by atoms with Crippen LogP contribution in [0.3, 0.4) is 0 Å². The first-order valence-corrected chi connectivity index (χ1v) is 7.30. The number of rotatable bonds is 3. The first-order chi connectivity index (χ1) is 8.61. The van der Waals surface area contributed by atoms with E-state index in [0.29, 0.717) is 5.78 Å². The van der Waals surface area contributed by atoms with Gasteiger partial charge in [-0.1, -0.05) is 37.8 Å². The molecule has 0 saturated heterocycles. The number of Topliss-reactive ketones (excluding diaryl/α,β-unsaturated/α-hetero) is 1. The highest BCUT2D eigenvalue weighted by Crippen LogP contribution is 2.33. The Labute approximate surface area is 115 Å². The van der Waals surface area contributed by atoms with E-state index in [9.17, 15) is 4.79 Å². The predicted molar refractivity (Wildman–Crippen MR) is 76.3 cm³/mol. The second-order valence-corrected chi connectivity index (χ2v) is 5.87. The van der Waals surface area contributed by atoms with Gasteiger partial charge in [0.2, 0.25) is 0 Å². The highest BCUT2D eigenvalue weighted by Gasteiger charge is 2.27. The molecule has 1 nitrogen and oxygen atoms in total. The lowest BCUT2D eigenvalue weighted by Gasteiger charge is -2.27. The van der Waals surface area contributed by atoms with Crippen molar-refractivity contribution in [3.8, 4) is 0 Å². The largest absolute Gasteiger partial charge is 0.294 e. The van der Waals surface area contributed by atoms with Gasteiger partial charge in [-0.05, 0) is 49.4 Å². The Hall–Kier alpha value is -0.820. The molecule has 0 spiro atoms. The van der Waals surface area contributed by atoms with Crippen molar-refractivity contribution < 1.29 is 4.79 Å². The summed E-state index contributed by atoms with van der Waals surface area (Å²) in [5.74, 6) is 1.28. The van der Waals surface area contributed by atoms with Crippen LogP contribution in [0.1, 0.15) is 54.9 Å². The number of hydrogen-bond donors (Lipinski definition) is 0. The van der Waals surface area contributed by atoms with Crippen molar-refractivity contribution in [1.29, 1.82) is 0 Å². The topological polar surface area (TPSA) is 17.1 Å². The molecule has 1 fully saturated rings. The number of carbonyl (C=O) groups is 1. The molecule has 1 aromatic carbocycles. The third-order valence-corrected chi connectivity index (χ3v) is 4.60. The van der Waals surface area contributed by atoms with Gasteiger partial charge < -0.3 is 0 Å². The third kappa shape index (κ3) is 2.95. The van der Waals surface area contributed by atoms with Crippen molar-refractivity contribution in [3.05, 3.63) is 34.3 Å². The van der Waals surface area contributed by atoms with Crippen LogP contribution < -0.4 is 0 Å². The standard InChI is InChI=1S/C16H21ClO/c1-3-12-5-4-6-13(10-12)16(18)14-7-8-15(17)11(2)9-14/h7-9,12-13H,3-6,10H2,1-2H3. The molecule has 0 aliphatic heterocycles. The molecule has 0 N–H and O–H groups in total. The van der Waals surface area contributed by atoms with Gasteiger partial charge >= 0.3 is 0 Å². The summed E-state index contributed by atoms with van der Waals surface area (Å²) in [4.78, 5) is 12.5. The summed E-state index contributed by atoms with van der Waals surface area (Å²) in [5, 5.41) is 0.738. The Morgan fingerprint density at radius 2 is 2.17 bits per heavy atom. The van der Waals surface area contributed by atoms with Crippen LogP contribution in [0.5, 0.6) is 0 Å². The minimum atomic E-state index is 0.226. The van der Waals surface area contributed by atoms with Crippen molar-refractivity contribution in [2.75, 3.05) is 0 Å². The van der Waals surface area contributed by atoms with Crippen LogP contribution in [0.15, 0.2) is 18.2 Å². The fourth-order valence-corrected chi connectivity index (χ4v) is 3.05. The second-order valence-electron chi connectivity index (χ2n) is 5.47. The van der Waals surface area contributed by atoms with Gasteiger partial charge in [0.05, 0.1) is 0 Å². The summed E-state index contributed by atoms with van der Waals surface area (Å²) in [7, 11) is 0. The Bertz CT molecular complexity index is 439. The van der Waals surface area contributed by atoms with Crippen molar-refractivity contribution in [1.82, 2.24) is 0 Å². The maximum Gasteiger partial charge on any atom is 0.165 e. The van der Waals surface area contributed by atoms with Gasteiger partial charge in [0.15, 0.2) is 5.78 Å². The lowest BCUT2D eigenvalue weighted by Crippen LogP contribution is -2.22. The van der Waals surface area contributed by atoms with Gasteiger partial charge in [-0.15, -0.1) is 0 Å². The van der Waals surface area contributed by atoms with E-state index >= 15 is 0 Å². The first kappa shape index (κ1) is 13.6. The fraction of sp³-hybridized carbons (Fsp3) is 0.562. The number of hydrogen-bond acceptors (Lipinski definition) is 1. The van der Waals surface area contributed by atoms with Gasteiger partial charge in [-0.2, -0.15) is 0 Å². The highest BCUT2D eigenvalue weighted by molar-refractivity contribution is 6.31. The minimum Gasteiger partial charge on any atom is -0.294 e. The molecule has 18 heavy (non-hydrogen) atoms. The Balaban J connectivity index is 2.12. The van der Waals surface area contributed by atoms with Crippen LogP contribution in [0.2, 0.25) is 5.02 Å². The summed E-state index contributed by atoms with van der Waals surface area (Å²) >= 11 is 6.01. The van der Waals surface area contributed by atoms with E-state index in [4.69, 9.17) is 11.6 Å². The molecule has 2 rings (SSSR count). The summed E-state index contributed by atoms with van der Waals surface area (Å²) in [6.45, 7) is 4.18. The van der Waals surface area contributed by atoms with E-state index in [1.54, 1.807) is 0 Å². The molecule has 1 aliphatic rings. The SMILES string of the molecule is CCC1CCCC(C(=O)c2ccc(Cl)c(C)c2)C1. The van der Waals surface area contributed by atoms with Gasteiger partial charge in [0.1, 0.15) is 0 Å². The molecule has 2 unspecified atom stereocenters. The van der Waals surface area contributed by atoms with E-state index in [0.717, 1.165) is 34.9 Å². The number of benzene rings is 1. The number of carbonyl (C=O) groups excluding carboxylic acids is 1. The summed E-state index contributed by atoms with van der Waals surface area (Å²) < 4.78 is 0. The zero-order valence-electron chi connectivity index (χ0n) is 11.2. The maximum absolute atomic E-state index is 12.5. The van der Waals surface area contributed by atoms with Crippen LogP contribution in [0, 0.1) is 18.8 Å². The van der Waals surface area contributed by atoms with Gasteiger partial charge in [0, 0.05) is 16.5 Å². The smallest absolute Gasteiger partial charge is 0.165 e. The van der Waals surface area contributed by atoms with Crippen LogP contribution >= 0.6 is 11.6 Å². The van der Waals surface area contributed by atoms with Gasteiger partial charge in [0.25, 0.3) is 0 Å². The molecule has 0 heterocycles. The fourth-order valence-electron chi connectivity index (χ4n) is 2.93. The molecule has 0 amide bonds. The molecule has 1 saturated carbocycles. The molecule has 1 aliphatic carbocycles. The van der Waals surface area contributed by atoms with Crippen molar-refractivity contribution in [3.63, 3.8) is 0 Å². The quantitative estimate of drug-likeness (QED) is 0.699. The Kier molecular flexibility index (Phi) is 4.45. The molecular weight excluding hydrogens is 244 g/mol. The maximum atomic E-state index is 12.5. The summed E-state index contributed by atoms with van der Waals surface area (Å²) in [5.41, 5.74) is 1.82. The van der Waals surface area contributed by atoms with Crippen LogP contribution in [-0.2, 0) is 0 Å². The van der Waals surface area contributed by atoms with E-state index in [1.807, 2.05) is 25.1 Å². The Morgan fingerprint density at radius 3 is 2.83 bits per heavy atom. The van der Waals surface area contributed by atoms with Gasteiger partial charge in [-0.3, -0.25) is 4.79 Å². The number of ketones is 1. The monoisotopic (exact) mass is 264 g/mol. The predicted octanol–water partition coefficient (Wildman–Crippen LogP) is 5.05. The van der Waals surface area contributed by atoms with E-state index in [2.05, 4.69) is 6.92 Å². The van der Waals surface area contributed by atoms with Crippen LogP contribution in [-0.4, -0.2) is 5.78 Å². The average Bonchev–Trinajstić information content (AvgIpc) is 2.41. The van der Waals surface area contributed by atoms with Crippen LogP contribution in [0.25, 0.3) is 0 Å². The lowest BCUT2D eigenvalue weighted by atomic mass is 9.77. The minimum absolute atomic E-state index is 0.226. The molecule has 0 radical (unpaired) electrons. The molecule has 2 atom stereocenters. The molecule has 0 aromatic heterocycles. The molecule has 98 valence electrons. The highest BCUT2D eigenvalue weighted by atomic mass is 35.5.